The van der Waals surface area contributed by atoms with Crippen LogP contribution in [0.15, 0.2) is 6.07 Å². The molecule has 4 heteroatoms. The highest BCUT2D eigenvalue weighted by molar-refractivity contribution is 5.20. The van der Waals surface area contributed by atoms with Crippen LogP contribution in [0.4, 0.5) is 0 Å². The van der Waals surface area contributed by atoms with E-state index in [0.717, 1.165) is 43.5 Å². The Bertz CT molecular complexity index is 387. The minimum Gasteiger partial charge on any atom is -0.313 e. The molecular formula is C14H24N4. The van der Waals surface area contributed by atoms with E-state index in [1.807, 2.05) is 6.92 Å². The SMILES string of the molecule is CCc1nnc(C)cc1CN(C)CCNC1CC1. The molecular weight excluding hydrogens is 224 g/mol. The molecule has 100 valence electrons. The molecule has 1 aliphatic carbocycles. The lowest BCUT2D eigenvalue weighted by molar-refractivity contribution is 0.322. The predicted molar refractivity (Wildman–Crippen MR) is 73.5 cm³/mol. The summed E-state index contributed by atoms with van der Waals surface area (Å²) in [4.78, 5) is 2.35. The first-order valence-electron chi connectivity index (χ1n) is 6.93. The number of aryl methyl sites for hydroxylation is 2. The van der Waals surface area contributed by atoms with Crippen molar-refractivity contribution in [3.8, 4) is 0 Å². The maximum absolute atomic E-state index is 4.28. The number of nitrogens with one attached hydrogen (secondary N) is 1. The zero-order valence-corrected chi connectivity index (χ0v) is 11.7. The standard InChI is InChI=1S/C14H24N4/c1-4-14-12(9-11(2)16-17-14)10-18(3)8-7-15-13-5-6-13/h9,13,15H,4-8,10H2,1-3H3. The van der Waals surface area contributed by atoms with Crippen LogP contribution in [-0.2, 0) is 13.0 Å². The molecule has 1 aromatic heterocycles. The Morgan fingerprint density at radius 2 is 2.17 bits per heavy atom. The fourth-order valence-corrected chi connectivity index (χ4v) is 2.12. The second kappa shape index (κ2) is 6.25. The average molecular weight is 248 g/mol. The first-order chi connectivity index (χ1) is 8.69. The molecule has 2 rings (SSSR count). The first kappa shape index (κ1) is 13.4. The zero-order valence-electron chi connectivity index (χ0n) is 11.7. The number of rotatable bonds is 7. The molecule has 0 atom stereocenters. The van der Waals surface area contributed by atoms with Crippen molar-refractivity contribution in [2.75, 3.05) is 20.1 Å². The summed E-state index contributed by atoms with van der Waals surface area (Å²) in [5.41, 5.74) is 3.45. The predicted octanol–water partition coefficient (Wildman–Crippen LogP) is 1.53. The summed E-state index contributed by atoms with van der Waals surface area (Å²) in [6.07, 6.45) is 3.67. The topological polar surface area (TPSA) is 41.1 Å². The molecule has 18 heavy (non-hydrogen) atoms. The molecule has 0 bridgehead atoms. The van der Waals surface area contributed by atoms with Crippen molar-refractivity contribution in [1.82, 2.24) is 20.4 Å². The molecule has 0 unspecified atom stereocenters. The van der Waals surface area contributed by atoms with E-state index in [1.165, 1.54) is 18.4 Å². The normalized spacial score (nSPS) is 15.3. The number of hydrogen-bond acceptors (Lipinski definition) is 4. The molecule has 1 fully saturated rings. The van der Waals surface area contributed by atoms with Crippen LogP contribution in [0.25, 0.3) is 0 Å². The van der Waals surface area contributed by atoms with Gasteiger partial charge in [-0.2, -0.15) is 10.2 Å². The Hall–Kier alpha value is -1.00. The fraction of sp³-hybridized carbons (Fsp3) is 0.714. The molecule has 0 saturated heterocycles. The molecule has 1 N–H and O–H groups in total. The highest BCUT2D eigenvalue weighted by Gasteiger charge is 2.19. The first-order valence-corrected chi connectivity index (χ1v) is 6.93. The maximum Gasteiger partial charge on any atom is 0.0673 e. The van der Waals surface area contributed by atoms with Gasteiger partial charge in [0.2, 0.25) is 0 Å². The minimum absolute atomic E-state index is 0.800. The summed E-state index contributed by atoms with van der Waals surface area (Å²) >= 11 is 0. The van der Waals surface area contributed by atoms with E-state index in [4.69, 9.17) is 0 Å². The van der Waals surface area contributed by atoms with Gasteiger partial charge in [-0.05, 0) is 44.9 Å². The molecule has 0 amide bonds. The third kappa shape index (κ3) is 4.03. The lowest BCUT2D eigenvalue weighted by atomic mass is 10.1. The van der Waals surface area contributed by atoms with Gasteiger partial charge >= 0.3 is 0 Å². The van der Waals surface area contributed by atoms with Gasteiger partial charge in [0.25, 0.3) is 0 Å². The van der Waals surface area contributed by atoms with Gasteiger partial charge in [0.1, 0.15) is 0 Å². The molecule has 1 aromatic rings. The van der Waals surface area contributed by atoms with E-state index in [0.29, 0.717) is 0 Å². The molecule has 0 aromatic carbocycles. The van der Waals surface area contributed by atoms with Crippen LogP contribution < -0.4 is 5.32 Å². The number of aromatic nitrogens is 2. The number of likely N-dealkylation sites (N-methyl/N-ethyl adjacent to an activating group) is 1. The third-order valence-electron chi connectivity index (χ3n) is 3.36. The average Bonchev–Trinajstić information content (AvgIpc) is 3.13. The van der Waals surface area contributed by atoms with Crippen molar-refractivity contribution in [2.45, 2.75) is 45.7 Å². The largest absolute Gasteiger partial charge is 0.313 e. The molecule has 4 nitrogen and oxygen atoms in total. The lowest BCUT2D eigenvalue weighted by Crippen LogP contribution is -2.30. The molecule has 1 aliphatic rings. The number of nitrogens with zero attached hydrogens (tertiary/aromatic N) is 3. The summed E-state index contributed by atoms with van der Waals surface area (Å²) < 4.78 is 0. The van der Waals surface area contributed by atoms with Crippen molar-refractivity contribution in [1.29, 1.82) is 0 Å². The van der Waals surface area contributed by atoms with Gasteiger partial charge in [0, 0.05) is 25.7 Å². The van der Waals surface area contributed by atoms with Gasteiger partial charge in [-0.25, -0.2) is 0 Å². The summed E-state index contributed by atoms with van der Waals surface area (Å²) in [5, 5.41) is 12.0. The summed E-state index contributed by atoms with van der Waals surface area (Å²) in [6, 6.07) is 2.96. The second-order valence-electron chi connectivity index (χ2n) is 5.28. The van der Waals surface area contributed by atoms with E-state index in [1.54, 1.807) is 0 Å². The van der Waals surface area contributed by atoms with Gasteiger partial charge in [0.05, 0.1) is 11.4 Å². The van der Waals surface area contributed by atoms with Gasteiger partial charge in [0.15, 0.2) is 0 Å². The Morgan fingerprint density at radius 1 is 1.39 bits per heavy atom. The van der Waals surface area contributed by atoms with Crippen LogP contribution in [0, 0.1) is 6.92 Å². The van der Waals surface area contributed by atoms with E-state index in [9.17, 15) is 0 Å². The van der Waals surface area contributed by atoms with Crippen LogP contribution in [0.1, 0.15) is 36.7 Å². The Kier molecular flexibility index (Phi) is 4.66. The third-order valence-corrected chi connectivity index (χ3v) is 3.36. The highest BCUT2D eigenvalue weighted by atomic mass is 15.1. The summed E-state index contributed by atoms with van der Waals surface area (Å²) in [5.74, 6) is 0. The highest BCUT2D eigenvalue weighted by Crippen LogP contribution is 2.18. The van der Waals surface area contributed by atoms with Gasteiger partial charge < -0.3 is 10.2 Å². The van der Waals surface area contributed by atoms with Crippen LogP contribution in [0.3, 0.4) is 0 Å². The van der Waals surface area contributed by atoms with Crippen LogP contribution >= 0.6 is 0 Å². The molecule has 0 radical (unpaired) electrons. The van der Waals surface area contributed by atoms with Crippen LogP contribution in [0.5, 0.6) is 0 Å². The van der Waals surface area contributed by atoms with E-state index in [2.05, 4.69) is 40.5 Å². The van der Waals surface area contributed by atoms with E-state index in [-0.39, 0.29) is 0 Å². The van der Waals surface area contributed by atoms with Crippen molar-refractivity contribution in [2.24, 2.45) is 0 Å². The maximum atomic E-state index is 4.28. The lowest BCUT2D eigenvalue weighted by Gasteiger charge is -2.18. The molecule has 1 saturated carbocycles. The second-order valence-corrected chi connectivity index (χ2v) is 5.28. The van der Waals surface area contributed by atoms with Gasteiger partial charge in [-0.3, -0.25) is 0 Å². The smallest absolute Gasteiger partial charge is 0.0673 e. The molecule has 0 aliphatic heterocycles. The Morgan fingerprint density at radius 3 is 2.83 bits per heavy atom. The molecule has 1 heterocycles. The Balaban J connectivity index is 1.84. The minimum atomic E-state index is 0.800. The molecule has 0 spiro atoms. The number of hydrogen-bond donors (Lipinski definition) is 1. The van der Waals surface area contributed by atoms with E-state index < -0.39 is 0 Å². The van der Waals surface area contributed by atoms with Gasteiger partial charge in [-0.15, -0.1) is 0 Å². The zero-order chi connectivity index (χ0) is 13.0. The van der Waals surface area contributed by atoms with Crippen molar-refractivity contribution in [3.05, 3.63) is 23.0 Å². The monoisotopic (exact) mass is 248 g/mol. The van der Waals surface area contributed by atoms with Crippen molar-refractivity contribution >= 4 is 0 Å². The summed E-state index contributed by atoms with van der Waals surface area (Å²) in [7, 11) is 2.17. The fourth-order valence-electron chi connectivity index (χ4n) is 2.12. The van der Waals surface area contributed by atoms with Crippen LogP contribution in [0.2, 0.25) is 0 Å². The van der Waals surface area contributed by atoms with E-state index >= 15 is 0 Å². The van der Waals surface area contributed by atoms with Crippen molar-refractivity contribution < 1.29 is 0 Å². The van der Waals surface area contributed by atoms with Crippen LogP contribution in [-0.4, -0.2) is 41.3 Å². The van der Waals surface area contributed by atoms with Crippen molar-refractivity contribution in [3.63, 3.8) is 0 Å². The summed E-state index contributed by atoms with van der Waals surface area (Å²) in [6.45, 7) is 7.27. The van der Waals surface area contributed by atoms with Gasteiger partial charge in [-0.1, -0.05) is 6.92 Å². The quantitative estimate of drug-likeness (QED) is 0.794. The Labute approximate surface area is 110 Å².